The molecule has 1 aromatic carbocycles. The topological polar surface area (TPSA) is 106 Å². The highest BCUT2D eigenvalue weighted by Crippen LogP contribution is 2.40. The van der Waals surface area contributed by atoms with Gasteiger partial charge in [0.25, 0.3) is 0 Å². The minimum Gasteiger partial charge on any atom is -0.478 e. The average Bonchev–Trinajstić information content (AvgIpc) is 2.60. The van der Waals surface area contributed by atoms with Crippen LogP contribution in [-0.4, -0.2) is 37.6 Å². The van der Waals surface area contributed by atoms with Gasteiger partial charge in [0.2, 0.25) is 5.88 Å². The van der Waals surface area contributed by atoms with Crippen LogP contribution in [0.25, 0.3) is 0 Å². The summed E-state index contributed by atoms with van der Waals surface area (Å²) in [6, 6.07) is 4.44. The molecule has 0 bridgehead atoms. The van der Waals surface area contributed by atoms with E-state index in [9.17, 15) is 31.5 Å². The third-order valence-electron chi connectivity index (χ3n) is 3.45. The van der Waals surface area contributed by atoms with Gasteiger partial charge in [-0.3, -0.25) is 0 Å². The number of hydrogen-bond donors (Lipinski definition) is 2. The summed E-state index contributed by atoms with van der Waals surface area (Å²) in [5, 5.41) is 17.5. The molecule has 1 heterocycles. The van der Waals surface area contributed by atoms with E-state index in [1.807, 2.05) is 0 Å². The van der Waals surface area contributed by atoms with Gasteiger partial charge < -0.3 is 19.7 Å². The molecule has 0 unspecified atom stereocenters. The Labute approximate surface area is 177 Å². The molecule has 2 rings (SSSR count). The van der Waals surface area contributed by atoms with Crippen molar-refractivity contribution >= 4 is 39.5 Å². The van der Waals surface area contributed by atoms with Crippen LogP contribution in [0.15, 0.2) is 36.5 Å². The van der Waals surface area contributed by atoms with Gasteiger partial charge in [0.15, 0.2) is 0 Å². The highest BCUT2D eigenvalue weighted by atomic mass is 79.9. The molecular weight excluding hydrogens is 513 g/mol. The Morgan fingerprint density at radius 1 is 1.00 bits per heavy atom. The van der Waals surface area contributed by atoms with Crippen molar-refractivity contribution in [2.75, 3.05) is 0 Å². The predicted octanol–water partition coefficient (Wildman–Crippen LogP) is 4.82. The summed E-state index contributed by atoms with van der Waals surface area (Å²) >= 11 is 7.39. The number of rotatable bonds is 7. The fourth-order valence-electron chi connectivity index (χ4n) is 2.00. The highest BCUT2D eigenvalue weighted by molar-refractivity contribution is 9.10. The number of aliphatic carboxylic acids is 2. The molecule has 0 fully saturated rings. The van der Waals surface area contributed by atoms with Crippen LogP contribution in [0.3, 0.4) is 0 Å². The van der Waals surface area contributed by atoms with Crippen LogP contribution in [0.1, 0.15) is 5.56 Å². The molecule has 0 radical (unpaired) electrons. The normalized spacial score (nSPS) is 12.4. The molecule has 0 atom stereocenters. The Kier molecular flexibility index (Phi) is 6.47. The molecule has 1 aromatic heterocycles. The van der Waals surface area contributed by atoms with E-state index >= 15 is 0 Å². The van der Waals surface area contributed by atoms with E-state index in [4.69, 9.17) is 26.6 Å². The number of benzene rings is 1. The lowest BCUT2D eigenvalue weighted by Crippen LogP contribution is -2.61. The Balaban J connectivity index is 2.27. The standard InChI is InChI=1S/C16H8BrClF5NO6/c17-16(22,23)14(12(25)26,13(27)28)30-9-3-1-8(2-4-9)29-11-10(18)5-7(6-24-11)15(19,20)21/h1-6H,(H,25,26)(H,27,28). The van der Waals surface area contributed by atoms with Crippen molar-refractivity contribution in [3.8, 4) is 17.4 Å². The molecular formula is C16H8BrClF5NO6. The Morgan fingerprint density at radius 3 is 1.90 bits per heavy atom. The first-order chi connectivity index (χ1) is 13.7. The van der Waals surface area contributed by atoms with Gasteiger partial charge in [0, 0.05) is 6.20 Å². The largest absolute Gasteiger partial charge is 0.478 e. The number of carboxylic acid groups (broad SMARTS) is 2. The average molecular weight is 521 g/mol. The maximum atomic E-state index is 13.7. The van der Waals surface area contributed by atoms with Gasteiger partial charge in [0.05, 0.1) is 5.56 Å². The maximum Gasteiger partial charge on any atom is 0.417 e. The molecule has 0 amide bonds. The Hall–Kier alpha value is -2.67. The minimum atomic E-state index is -4.67. The van der Waals surface area contributed by atoms with E-state index in [2.05, 4.69) is 9.72 Å². The van der Waals surface area contributed by atoms with Crippen molar-refractivity contribution < 1.29 is 51.2 Å². The molecule has 30 heavy (non-hydrogen) atoms. The van der Waals surface area contributed by atoms with Crippen molar-refractivity contribution in [3.05, 3.63) is 47.1 Å². The Bertz CT molecular complexity index is 950. The van der Waals surface area contributed by atoms with Crippen LogP contribution in [0.2, 0.25) is 5.02 Å². The fraction of sp³-hybridized carbons (Fsp3) is 0.188. The van der Waals surface area contributed by atoms with Gasteiger partial charge in [-0.1, -0.05) is 11.6 Å². The van der Waals surface area contributed by atoms with E-state index < -0.39 is 50.8 Å². The molecule has 0 saturated carbocycles. The lowest BCUT2D eigenvalue weighted by molar-refractivity contribution is -0.191. The summed E-state index contributed by atoms with van der Waals surface area (Å²) in [4.78, 5) is 21.4. The first-order valence-corrected chi connectivity index (χ1v) is 8.58. The minimum absolute atomic E-state index is 0.0987. The van der Waals surface area contributed by atoms with Gasteiger partial charge in [-0.25, -0.2) is 14.6 Å². The molecule has 0 spiro atoms. The summed E-state index contributed by atoms with van der Waals surface area (Å²) in [5.41, 5.74) is -5.09. The summed E-state index contributed by atoms with van der Waals surface area (Å²) in [5.74, 6) is -6.04. The van der Waals surface area contributed by atoms with E-state index in [1.165, 1.54) is 0 Å². The second-order valence-corrected chi connectivity index (χ2v) is 6.88. The number of aromatic nitrogens is 1. The number of halogens is 7. The number of carboxylic acids is 2. The zero-order chi connectivity index (χ0) is 22.9. The van der Waals surface area contributed by atoms with Gasteiger partial charge in [-0.15, -0.1) is 0 Å². The van der Waals surface area contributed by atoms with E-state index in [1.54, 1.807) is 15.9 Å². The molecule has 2 aromatic rings. The zero-order valence-corrected chi connectivity index (χ0v) is 16.4. The molecule has 0 saturated heterocycles. The SMILES string of the molecule is O=C(O)C(Oc1ccc(Oc2ncc(C(F)(F)F)cc2Cl)cc1)(C(=O)O)C(F)(F)Br. The molecule has 14 heteroatoms. The van der Waals surface area contributed by atoms with Crippen molar-refractivity contribution in [1.82, 2.24) is 4.98 Å². The van der Waals surface area contributed by atoms with Crippen LogP contribution in [0.4, 0.5) is 22.0 Å². The summed E-state index contributed by atoms with van der Waals surface area (Å²) in [6.45, 7) is 0. The van der Waals surface area contributed by atoms with Crippen LogP contribution in [0.5, 0.6) is 17.4 Å². The van der Waals surface area contributed by atoms with Crippen LogP contribution in [0, 0.1) is 0 Å². The van der Waals surface area contributed by atoms with Gasteiger partial charge in [-0.05, 0) is 46.3 Å². The summed E-state index contributed by atoms with van der Waals surface area (Å²) in [6.07, 6.45) is -4.20. The first kappa shape index (κ1) is 23.6. The van der Waals surface area contributed by atoms with Gasteiger partial charge >= 0.3 is 28.5 Å². The van der Waals surface area contributed by atoms with Crippen molar-refractivity contribution in [2.45, 2.75) is 16.6 Å². The van der Waals surface area contributed by atoms with Gasteiger partial charge in [-0.2, -0.15) is 22.0 Å². The number of pyridine rings is 1. The van der Waals surface area contributed by atoms with Gasteiger partial charge in [0.1, 0.15) is 16.5 Å². The first-order valence-electron chi connectivity index (χ1n) is 7.41. The third kappa shape index (κ3) is 4.73. The number of nitrogens with zero attached hydrogens (tertiary/aromatic N) is 1. The molecule has 7 nitrogen and oxygen atoms in total. The lowest BCUT2D eigenvalue weighted by atomic mass is 10.1. The van der Waals surface area contributed by atoms with Crippen molar-refractivity contribution in [3.63, 3.8) is 0 Å². The fourth-order valence-corrected chi connectivity index (χ4v) is 2.62. The number of carbonyl (C=O) groups is 2. The zero-order valence-electron chi connectivity index (χ0n) is 14.1. The molecule has 0 aliphatic heterocycles. The summed E-state index contributed by atoms with van der Waals surface area (Å²) in [7, 11) is 0. The predicted molar refractivity (Wildman–Crippen MR) is 93.3 cm³/mol. The molecule has 2 N–H and O–H groups in total. The second-order valence-electron chi connectivity index (χ2n) is 5.47. The van der Waals surface area contributed by atoms with Crippen LogP contribution in [-0.2, 0) is 15.8 Å². The summed E-state index contributed by atoms with van der Waals surface area (Å²) < 4.78 is 74.9. The molecule has 0 aliphatic rings. The molecule has 0 aliphatic carbocycles. The highest BCUT2D eigenvalue weighted by Gasteiger charge is 2.68. The maximum absolute atomic E-state index is 13.7. The van der Waals surface area contributed by atoms with E-state index in [-0.39, 0.29) is 5.75 Å². The van der Waals surface area contributed by atoms with Crippen LogP contribution >= 0.6 is 27.5 Å². The van der Waals surface area contributed by atoms with Crippen molar-refractivity contribution in [2.24, 2.45) is 0 Å². The second kappa shape index (κ2) is 8.22. The Morgan fingerprint density at radius 2 is 1.50 bits per heavy atom. The third-order valence-corrected chi connectivity index (χ3v) is 4.27. The van der Waals surface area contributed by atoms with Crippen molar-refractivity contribution in [1.29, 1.82) is 0 Å². The van der Waals surface area contributed by atoms with Crippen LogP contribution < -0.4 is 9.47 Å². The van der Waals surface area contributed by atoms with E-state index in [0.717, 1.165) is 24.3 Å². The monoisotopic (exact) mass is 519 g/mol. The molecule has 162 valence electrons. The number of alkyl halides is 6. The smallest absolute Gasteiger partial charge is 0.417 e. The number of hydrogen-bond acceptors (Lipinski definition) is 5. The lowest BCUT2D eigenvalue weighted by Gasteiger charge is -2.29. The number of ether oxygens (including phenoxy) is 2. The quantitative estimate of drug-likeness (QED) is 0.306. The van der Waals surface area contributed by atoms with E-state index in [0.29, 0.717) is 12.3 Å².